The molecule has 0 bridgehead atoms. The predicted molar refractivity (Wildman–Crippen MR) is 76.7 cm³/mol. The quantitative estimate of drug-likeness (QED) is 0.922. The lowest BCUT2D eigenvalue weighted by atomic mass is 10.2. The van der Waals surface area contributed by atoms with Crippen molar-refractivity contribution >= 4 is 21.6 Å². The molecule has 2 aromatic rings. The Bertz CT molecular complexity index is 690. The van der Waals surface area contributed by atoms with Crippen LogP contribution in [0.5, 0.6) is 0 Å². The zero-order valence-electron chi connectivity index (χ0n) is 10.5. The maximum Gasteiger partial charge on any atom is 0.242 e. The third-order valence-electron chi connectivity index (χ3n) is 2.73. The molecule has 0 amide bonds. The molecule has 2 rings (SSSR count). The van der Waals surface area contributed by atoms with Gasteiger partial charge in [0.15, 0.2) is 0 Å². The van der Waals surface area contributed by atoms with Crippen molar-refractivity contribution in [3.8, 4) is 0 Å². The zero-order chi connectivity index (χ0) is 14.6. The van der Waals surface area contributed by atoms with Crippen molar-refractivity contribution in [2.75, 3.05) is 6.54 Å². The average Bonchev–Trinajstić information content (AvgIpc) is 2.39. The van der Waals surface area contributed by atoms with Gasteiger partial charge in [-0.2, -0.15) is 0 Å². The number of nitrogens with one attached hydrogen (secondary N) is 1. The molecule has 6 heteroatoms. The van der Waals surface area contributed by atoms with Crippen LogP contribution in [0.1, 0.15) is 5.56 Å². The Hall–Kier alpha value is -1.43. The molecule has 106 valence electrons. The molecule has 0 unspecified atom stereocenters. The Morgan fingerprint density at radius 3 is 2.45 bits per heavy atom. The minimum Gasteiger partial charge on any atom is -0.211 e. The Kier molecular flexibility index (Phi) is 4.75. The molecule has 0 saturated carbocycles. The van der Waals surface area contributed by atoms with Gasteiger partial charge < -0.3 is 0 Å². The summed E-state index contributed by atoms with van der Waals surface area (Å²) in [6.07, 6.45) is 0.568. The molecule has 0 atom stereocenters. The second-order valence-electron chi connectivity index (χ2n) is 4.21. The van der Waals surface area contributed by atoms with Gasteiger partial charge in [-0.05, 0) is 30.2 Å². The largest absolute Gasteiger partial charge is 0.242 e. The van der Waals surface area contributed by atoms with Crippen LogP contribution in [-0.2, 0) is 16.4 Å². The summed E-state index contributed by atoms with van der Waals surface area (Å²) >= 11 is 5.75. The van der Waals surface area contributed by atoms with E-state index in [0.717, 1.165) is 23.8 Å². The summed E-state index contributed by atoms with van der Waals surface area (Å²) in [6.45, 7) is 0.250. The number of hydrogen-bond acceptors (Lipinski definition) is 2. The monoisotopic (exact) mass is 313 g/mol. The van der Waals surface area contributed by atoms with Crippen LogP contribution in [0.25, 0.3) is 0 Å². The molecule has 0 aliphatic heterocycles. The fraction of sp³-hybridized carbons (Fsp3) is 0.143. The van der Waals surface area contributed by atoms with Crippen LogP contribution in [0.4, 0.5) is 4.39 Å². The summed E-state index contributed by atoms with van der Waals surface area (Å²) in [6, 6.07) is 12.7. The highest BCUT2D eigenvalue weighted by molar-refractivity contribution is 7.89. The summed E-state index contributed by atoms with van der Waals surface area (Å²) in [5.41, 5.74) is 1.03. The number of hydrogen-bond donors (Lipinski definition) is 1. The van der Waals surface area contributed by atoms with Gasteiger partial charge >= 0.3 is 0 Å². The predicted octanol–water partition coefficient (Wildman–Crippen LogP) is 3.00. The van der Waals surface area contributed by atoms with Crippen LogP contribution in [0, 0.1) is 5.82 Å². The zero-order valence-corrected chi connectivity index (χ0v) is 12.1. The molecule has 3 nitrogen and oxygen atoms in total. The highest BCUT2D eigenvalue weighted by Gasteiger charge is 2.17. The van der Waals surface area contributed by atoms with Gasteiger partial charge in [0.1, 0.15) is 10.7 Å². The third kappa shape index (κ3) is 3.79. The van der Waals surface area contributed by atoms with Crippen molar-refractivity contribution in [1.29, 1.82) is 0 Å². The van der Waals surface area contributed by atoms with E-state index >= 15 is 0 Å². The Morgan fingerprint density at radius 2 is 1.80 bits per heavy atom. The van der Waals surface area contributed by atoms with E-state index < -0.39 is 15.8 Å². The van der Waals surface area contributed by atoms with Crippen molar-refractivity contribution in [3.05, 3.63) is 64.9 Å². The lowest BCUT2D eigenvalue weighted by Crippen LogP contribution is -2.26. The topological polar surface area (TPSA) is 46.2 Å². The number of benzene rings is 2. The molecule has 0 heterocycles. The average molecular weight is 314 g/mol. The first kappa shape index (κ1) is 15.0. The van der Waals surface area contributed by atoms with Gasteiger partial charge in [0.2, 0.25) is 10.0 Å². The van der Waals surface area contributed by atoms with Crippen LogP contribution in [0.2, 0.25) is 5.02 Å². The lowest BCUT2D eigenvalue weighted by molar-refractivity contribution is 0.581. The van der Waals surface area contributed by atoms with Crippen molar-refractivity contribution in [2.24, 2.45) is 0 Å². The molecule has 1 N–H and O–H groups in total. The second kappa shape index (κ2) is 6.35. The SMILES string of the molecule is O=S(=O)(NCCc1ccccc1)c1ccc(F)cc1Cl. The van der Waals surface area contributed by atoms with E-state index in [0.29, 0.717) is 6.42 Å². The van der Waals surface area contributed by atoms with Crippen LogP contribution in [0.15, 0.2) is 53.4 Å². The summed E-state index contributed by atoms with van der Waals surface area (Å²) in [4.78, 5) is -0.117. The highest BCUT2D eigenvalue weighted by atomic mass is 35.5. The normalized spacial score (nSPS) is 11.5. The first-order valence-electron chi connectivity index (χ1n) is 5.98. The molecular formula is C14H13ClFNO2S. The Labute approximate surface area is 122 Å². The maximum absolute atomic E-state index is 12.9. The van der Waals surface area contributed by atoms with Gasteiger partial charge in [0.05, 0.1) is 5.02 Å². The van der Waals surface area contributed by atoms with Gasteiger partial charge in [-0.1, -0.05) is 41.9 Å². The lowest BCUT2D eigenvalue weighted by Gasteiger charge is -2.08. The molecule has 0 radical (unpaired) electrons. The van der Waals surface area contributed by atoms with Crippen molar-refractivity contribution < 1.29 is 12.8 Å². The van der Waals surface area contributed by atoms with E-state index in [-0.39, 0.29) is 16.5 Å². The summed E-state index contributed by atoms with van der Waals surface area (Å²) in [5.74, 6) is -0.571. The molecule has 20 heavy (non-hydrogen) atoms. The number of rotatable bonds is 5. The summed E-state index contributed by atoms with van der Waals surface area (Å²) in [7, 11) is -3.73. The number of sulfonamides is 1. The van der Waals surface area contributed by atoms with E-state index in [4.69, 9.17) is 11.6 Å². The molecule has 0 aromatic heterocycles. The Morgan fingerprint density at radius 1 is 1.10 bits per heavy atom. The highest BCUT2D eigenvalue weighted by Crippen LogP contribution is 2.21. The minimum atomic E-state index is -3.73. The first-order valence-corrected chi connectivity index (χ1v) is 7.84. The standard InChI is InChI=1S/C14H13ClFNO2S/c15-13-10-12(16)6-7-14(13)20(18,19)17-9-8-11-4-2-1-3-5-11/h1-7,10,17H,8-9H2. The molecule has 0 aliphatic rings. The van der Waals surface area contributed by atoms with Crippen LogP contribution in [-0.4, -0.2) is 15.0 Å². The van der Waals surface area contributed by atoms with Gasteiger partial charge in [-0.25, -0.2) is 17.5 Å². The second-order valence-corrected chi connectivity index (χ2v) is 6.35. The van der Waals surface area contributed by atoms with E-state index in [1.165, 1.54) is 0 Å². The van der Waals surface area contributed by atoms with Crippen LogP contribution in [0.3, 0.4) is 0 Å². The maximum atomic E-state index is 12.9. The molecule has 2 aromatic carbocycles. The van der Waals surface area contributed by atoms with Crippen molar-refractivity contribution in [3.63, 3.8) is 0 Å². The minimum absolute atomic E-state index is 0.117. The molecule has 0 saturated heterocycles. The fourth-order valence-corrected chi connectivity index (χ4v) is 3.31. The summed E-state index contributed by atoms with van der Waals surface area (Å²) in [5, 5.41) is -0.128. The van der Waals surface area contributed by atoms with E-state index in [2.05, 4.69) is 4.72 Å². The molecule has 0 fully saturated rings. The van der Waals surface area contributed by atoms with E-state index in [1.54, 1.807) is 0 Å². The van der Waals surface area contributed by atoms with Gasteiger partial charge in [0.25, 0.3) is 0 Å². The molecular weight excluding hydrogens is 301 g/mol. The smallest absolute Gasteiger partial charge is 0.211 e. The Balaban J connectivity index is 2.04. The fourth-order valence-electron chi connectivity index (χ4n) is 1.75. The van der Waals surface area contributed by atoms with Gasteiger partial charge in [0, 0.05) is 6.54 Å². The van der Waals surface area contributed by atoms with E-state index in [1.807, 2.05) is 30.3 Å². The van der Waals surface area contributed by atoms with Crippen molar-refractivity contribution in [2.45, 2.75) is 11.3 Å². The van der Waals surface area contributed by atoms with E-state index in [9.17, 15) is 12.8 Å². The third-order valence-corrected chi connectivity index (χ3v) is 4.68. The van der Waals surface area contributed by atoms with Crippen molar-refractivity contribution in [1.82, 2.24) is 4.72 Å². The molecule has 0 spiro atoms. The van der Waals surface area contributed by atoms with Gasteiger partial charge in [-0.15, -0.1) is 0 Å². The van der Waals surface area contributed by atoms with Crippen LogP contribution < -0.4 is 4.72 Å². The summed E-state index contributed by atoms with van der Waals surface area (Å²) < 4.78 is 39.4. The molecule has 0 aliphatic carbocycles. The van der Waals surface area contributed by atoms with Crippen LogP contribution >= 0.6 is 11.6 Å². The first-order chi connectivity index (χ1) is 9.49. The number of halogens is 2. The van der Waals surface area contributed by atoms with Gasteiger partial charge in [-0.3, -0.25) is 0 Å².